The van der Waals surface area contributed by atoms with Gasteiger partial charge in [0.1, 0.15) is 12.1 Å². The van der Waals surface area contributed by atoms with Gasteiger partial charge in [-0.15, -0.1) is 11.3 Å². The number of hydrogen-bond acceptors (Lipinski definition) is 7. The normalized spacial score (nSPS) is 16.8. The molecule has 3 rings (SSSR count). The SMILES string of the molecule is COC[C@@H](NC(=O)C1CCC(F)(F)CC1)C(=O)N[C@H](Cc1ccccc1)C(=O)C(=O)NCc1cscn1. The molecule has 0 radical (unpaired) electrons. The Morgan fingerprint density at radius 2 is 1.81 bits per heavy atom. The highest BCUT2D eigenvalue weighted by Gasteiger charge is 2.38. The smallest absolute Gasteiger partial charge is 0.289 e. The third kappa shape index (κ3) is 8.67. The minimum absolute atomic E-state index is 0.00836. The largest absolute Gasteiger partial charge is 0.382 e. The summed E-state index contributed by atoms with van der Waals surface area (Å²) < 4.78 is 32.0. The first-order chi connectivity index (χ1) is 17.7. The van der Waals surface area contributed by atoms with Gasteiger partial charge in [0.25, 0.3) is 5.91 Å². The minimum Gasteiger partial charge on any atom is -0.382 e. The quantitative estimate of drug-likeness (QED) is 0.356. The third-order valence-electron chi connectivity index (χ3n) is 6.11. The molecule has 1 saturated carbocycles. The van der Waals surface area contributed by atoms with E-state index in [2.05, 4.69) is 20.9 Å². The van der Waals surface area contributed by atoms with Crippen molar-refractivity contribution < 1.29 is 32.7 Å². The molecule has 0 spiro atoms. The predicted molar refractivity (Wildman–Crippen MR) is 132 cm³/mol. The van der Waals surface area contributed by atoms with Crippen LogP contribution in [0.4, 0.5) is 8.78 Å². The van der Waals surface area contributed by atoms with Gasteiger partial charge in [0, 0.05) is 37.7 Å². The summed E-state index contributed by atoms with van der Waals surface area (Å²) >= 11 is 1.35. The van der Waals surface area contributed by atoms with Crippen molar-refractivity contribution in [2.24, 2.45) is 5.92 Å². The summed E-state index contributed by atoms with van der Waals surface area (Å²) in [6.45, 7) is -0.147. The second kappa shape index (κ2) is 13.3. The average molecular weight is 537 g/mol. The molecular formula is C25H30F2N4O5S. The van der Waals surface area contributed by atoms with Crippen molar-refractivity contribution in [2.75, 3.05) is 13.7 Å². The summed E-state index contributed by atoms with van der Waals surface area (Å²) in [5.41, 5.74) is 2.91. The molecule has 3 amide bonds. The Morgan fingerprint density at radius 1 is 1.11 bits per heavy atom. The maximum Gasteiger partial charge on any atom is 0.289 e. The maximum atomic E-state index is 13.5. The van der Waals surface area contributed by atoms with E-state index >= 15 is 0 Å². The van der Waals surface area contributed by atoms with E-state index in [4.69, 9.17) is 4.74 Å². The Morgan fingerprint density at radius 3 is 2.43 bits per heavy atom. The van der Waals surface area contributed by atoms with Gasteiger partial charge < -0.3 is 20.7 Å². The number of halogens is 2. The number of hydrogen-bond donors (Lipinski definition) is 3. The molecule has 2 aromatic rings. The summed E-state index contributed by atoms with van der Waals surface area (Å²) in [6, 6.07) is 6.45. The highest BCUT2D eigenvalue weighted by Crippen LogP contribution is 2.36. The number of carbonyl (C=O) groups is 4. The van der Waals surface area contributed by atoms with Crippen molar-refractivity contribution in [2.45, 2.75) is 56.7 Å². The number of nitrogens with zero attached hydrogens (tertiary/aromatic N) is 1. The minimum atomic E-state index is -2.79. The van der Waals surface area contributed by atoms with Gasteiger partial charge in [0.05, 0.1) is 24.4 Å². The van der Waals surface area contributed by atoms with Crippen LogP contribution in [0.3, 0.4) is 0 Å². The molecule has 0 saturated heterocycles. The summed E-state index contributed by atoms with van der Waals surface area (Å²) in [6.07, 6.45) is -0.727. The topological polar surface area (TPSA) is 126 Å². The lowest BCUT2D eigenvalue weighted by atomic mass is 9.86. The van der Waals surface area contributed by atoms with Crippen molar-refractivity contribution in [1.29, 1.82) is 0 Å². The van der Waals surface area contributed by atoms with Crippen LogP contribution in [-0.4, -0.2) is 60.2 Å². The van der Waals surface area contributed by atoms with Crippen molar-refractivity contribution in [3.63, 3.8) is 0 Å². The predicted octanol–water partition coefficient (Wildman–Crippen LogP) is 2.01. The Labute approximate surface area is 217 Å². The highest BCUT2D eigenvalue weighted by atomic mass is 32.1. The molecule has 1 aliphatic carbocycles. The van der Waals surface area contributed by atoms with Gasteiger partial charge in [-0.1, -0.05) is 30.3 Å². The molecule has 0 aliphatic heterocycles. The lowest BCUT2D eigenvalue weighted by Gasteiger charge is -2.29. The second-order valence-corrected chi connectivity index (χ2v) is 9.64. The van der Waals surface area contributed by atoms with E-state index < -0.39 is 60.3 Å². The third-order valence-corrected chi connectivity index (χ3v) is 6.74. The van der Waals surface area contributed by atoms with Crippen LogP contribution in [-0.2, 0) is 36.9 Å². The van der Waals surface area contributed by atoms with Crippen LogP contribution in [0.2, 0.25) is 0 Å². The first kappa shape index (κ1) is 28.3. The Balaban J connectivity index is 1.67. The molecule has 1 aliphatic rings. The first-order valence-electron chi connectivity index (χ1n) is 11.9. The molecule has 12 heteroatoms. The number of aromatic nitrogens is 1. The number of rotatable bonds is 12. The molecule has 2 atom stereocenters. The summed E-state index contributed by atoms with van der Waals surface area (Å²) in [7, 11) is 1.34. The van der Waals surface area contributed by atoms with Crippen molar-refractivity contribution in [3.05, 3.63) is 52.5 Å². The molecular weight excluding hydrogens is 506 g/mol. The van der Waals surface area contributed by atoms with Crippen molar-refractivity contribution >= 4 is 34.8 Å². The van der Waals surface area contributed by atoms with Crippen LogP contribution in [0.5, 0.6) is 0 Å². The van der Waals surface area contributed by atoms with Crippen LogP contribution in [0.1, 0.15) is 36.9 Å². The molecule has 3 N–H and O–H groups in total. The van der Waals surface area contributed by atoms with E-state index in [9.17, 15) is 28.0 Å². The van der Waals surface area contributed by atoms with Crippen LogP contribution in [0.15, 0.2) is 41.2 Å². The number of thiazole rings is 1. The van der Waals surface area contributed by atoms with Gasteiger partial charge >= 0.3 is 0 Å². The van der Waals surface area contributed by atoms with E-state index in [1.807, 2.05) is 0 Å². The summed E-state index contributed by atoms with van der Waals surface area (Å²) in [5.74, 6) is -6.43. The van der Waals surface area contributed by atoms with E-state index in [0.717, 1.165) is 0 Å². The van der Waals surface area contributed by atoms with Crippen LogP contribution >= 0.6 is 11.3 Å². The zero-order chi connectivity index (χ0) is 26.8. The zero-order valence-electron chi connectivity index (χ0n) is 20.4. The Bertz CT molecular complexity index is 1060. The summed E-state index contributed by atoms with van der Waals surface area (Å²) in [5, 5.41) is 9.37. The van der Waals surface area contributed by atoms with Gasteiger partial charge in [-0.05, 0) is 18.4 Å². The lowest BCUT2D eigenvalue weighted by molar-refractivity contribution is -0.141. The van der Waals surface area contributed by atoms with Crippen LogP contribution in [0.25, 0.3) is 0 Å². The molecule has 1 heterocycles. The van der Waals surface area contributed by atoms with Crippen LogP contribution in [0, 0.1) is 5.92 Å². The van der Waals surface area contributed by atoms with Gasteiger partial charge in [0.2, 0.25) is 23.5 Å². The average Bonchev–Trinajstić information content (AvgIpc) is 3.40. The molecule has 200 valence electrons. The molecule has 0 bridgehead atoms. The monoisotopic (exact) mass is 536 g/mol. The van der Waals surface area contributed by atoms with E-state index in [0.29, 0.717) is 11.3 Å². The van der Waals surface area contributed by atoms with E-state index in [1.165, 1.54) is 18.4 Å². The number of carbonyl (C=O) groups excluding carboxylic acids is 4. The van der Waals surface area contributed by atoms with Gasteiger partial charge in [-0.25, -0.2) is 13.8 Å². The van der Waals surface area contributed by atoms with Crippen LogP contribution < -0.4 is 16.0 Å². The standard InChI is InChI=1S/C25H30F2N4O5S/c1-36-13-20(31-22(33)17-7-9-25(26,27)10-8-17)23(34)30-19(11-16-5-3-2-4-6-16)21(32)24(35)28-12-18-14-37-15-29-18/h2-6,14-15,17,19-20H,7-13H2,1H3,(H,28,35)(H,30,34)(H,31,33)/t19-,20-/m1/s1. The molecule has 1 aromatic carbocycles. The van der Waals surface area contributed by atoms with Gasteiger partial charge in [-0.2, -0.15) is 0 Å². The number of amides is 3. The van der Waals surface area contributed by atoms with Crippen molar-refractivity contribution in [1.82, 2.24) is 20.9 Å². The number of ether oxygens (including phenoxy) is 1. The molecule has 37 heavy (non-hydrogen) atoms. The molecule has 1 fully saturated rings. The lowest BCUT2D eigenvalue weighted by Crippen LogP contribution is -2.56. The van der Waals surface area contributed by atoms with Crippen molar-refractivity contribution in [3.8, 4) is 0 Å². The zero-order valence-corrected chi connectivity index (χ0v) is 21.2. The van der Waals surface area contributed by atoms with E-state index in [1.54, 1.807) is 41.2 Å². The fourth-order valence-electron chi connectivity index (χ4n) is 4.01. The molecule has 9 nitrogen and oxygen atoms in total. The van der Waals surface area contributed by atoms with Gasteiger partial charge in [-0.3, -0.25) is 19.2 Å². The number of alkyl halides is 2. The number of methoxy groups -OCH3 is 1. The molecule has 1 aromatic heterocycles. The molecule has 0 unspecified atom stereocenters. The number of ketones is 1. The summed E-state index contributed by atoms with van der Waals surface area (Å²) in [4.78, 5) is 55.5. The first-order valence-corrected chi connectivity index (χ1v) is 12.8. The van der Waals surface area contributed by atoms with E-state index in [-0.39, 0.29) is 32.4 Å². The fourth-order valence-corrected chi connectivity index (χ4v) is 4.57. The maximum absolute atomic E-state index is 13.5. The number of benzene rings is 1. The fraction of sp³-hybridized carbons (Fsp3) is 0.480. The second-order valence-electron chi connectivity index (χ2n) is 8.92. The number of nitrogens with one attached hydrogen (secondary N) is 3. The Hall–Kier alpha value is -3.25. The Kier molecular flexibility index (Phi) is 10.2. The number of Topliss-reactive ketones (excluding diaryl/α,β-unsaturated/α-hetero) is 1. The highest BCUT2D eigenvalue weighted by molar-refractivity contribution is 7.07. The van der Waals surface area contributed by atoms with Gasteiger partial charge in [0.15, 0.2) is 0 Å².